The molecular weight excluding hydrogens is 283 g/mol. The molecule has 0 aromatic heterocycles. The van der Waals surface area contributed by atoms with Crippen LogP contribution in [-0.4, -0.2) is 49.8 Å². The van der Waals surface area contributed by atoms with Crippen LogP contribution in [0.3, 0.4) is 0 Å². The Balaban J connectivity index is 2.10. The Labute approximate surface area is 131 Å². The summed E-state index contributed by atoms with van der Waals surface area (Å²) in [6, 6.07) is 7.52. The van der Waals surface area contributed by atoms with Gasteiger partial charge in [-0.2, -0.15) is 0 Å². The van der Waals surface area contributed by atoms with Gasteiger partial charge in [0.05, 0.1) is 5.56 Å². The van der Waals surface area contributed by atoms with Crippen molar-refractivity contribution < 1.29 is 13.9 Å². The maximum Gasteiger partial charge on any atom is 0.256 e. The second kappa shape index (κ2) is 8.73. The molecule has 2 rings (SSSR count). The number of ether oxygens (including phenoxy) is 1. The minimum Gasteiger partial charge on any atom is -0.384 e. The highest BCUT2D eigenvalue weighted by molar-refractivity contribution is 5.99. The largest absolute Gasteiger partial charge is 0.384 e. The fraction of sp³-hybridized carbons (Fsp3) is 0.588. The molecule has 4 nitrogen and oxygen atoms in total. The van der Waals surface area contributed by atoms with Crippen molar-refractivity contribution in [1.29, 1.82) is 0 Å². The summed E-state index contributed by atoms with van der Waals surface area (Å²) in [4.78, 5) is 14.5. The lowest BCUT2D eigenvalue weighted by atomic mass is 10.1. The standard InChI is InChI=1S/C17H25FN2O2/c1-2-3-9-19-16-8-5-4-7-15(16)17(21)20-10-6-11-22-14(12-18)13-20/h4-5,7-8,14,19H,2-3,6,9-13H2,1H3/t14-/m1/s1. The van der Waals surface area contributed by atoms with Gasteiger partial charge in [0.25, 0.3) is 5.91 Å². The zero-order valence-corrected chi connectivity index (χ0v) is 13.2. The fourth-order valence-corrected chi connectivity index (χ4v) is 2.57. The molecule has 1 N–H and O–H groups in total. The van der Waals surface area contributed by atoms with E-state index in [0.29, 0.717) is 25.3 Å². The third-order valence-electron chi connectivity index (χ3n) is 3.81. The van der Waals surface area contributed by atoms with Gasteiger partial charge in [-0.05, 0) is 25.0 Å². The van der Waals surface area contributed by atoms with E-state index in [2.05, 4.69) is 12.2 Å². The van der Waals surface area contributed by atoms with Crippen molar-refractivity contribution in [3.8, 4) is 0 Å². The van der Waals surface area contributed by atoms with Crippen LogP contribution in [0.25, 0.3) is 0 Å². The summed E-state index contributed by atoms with van der Waals surface area (Å²) in [7, 11) is 0. The van der Waals surface area contributed by atoms with E-state index in [1.54, 1.807) is 4.90 Å². The van der Waals surface area contributed by atoms with Gasteiger partial charge in [0, 0.05) is 31.9 Å². The molecule has 0 radical (unpaired) electrons. The van der Waals surface area contributed by atoms with Crippen LogP contribution in [0.15, 0.2) is 24.3 Å². The van der Waals surface area contributed by atoms with Gasteiger partial charge >= 0.3 is 0 Å². The number of carbonyl (C=O) groups is 1. The quantitative estimate of drug-likeness (QED) is 0.821. The van der Waals surface area contributed by atoms with E-state index in [9.17, 15) is 9.18 Å². The molecule has 0 unspecified atom stereocenters. The maximum absolute atomic E-state index is 12.9. The molecule has 0 aliphatic carbocycles. The van der Waals surface area contributed by atoms with Gasteiger partial charge in [-0.25, -0.2) is 4.39 Å². The van der Waals surface area contributed by atoms with E-state index in [1.807, 2.05) is 24.3 Å². The summed E-state index contributed by atoms with van der Waals surface area (Å²) in [6.07, 6.45) is 2.40. The molecule has 1 aromatic rings. The van der Waals surface area contributed by atoms with Crippen LogP contribution >= 0.6 is 0 Å². The van der Waals surface area contributed by atoms with E-state index in [0.717, 1.165) is 31.5 Å². The number of nitrogens with one attached hydrogen (secondary N) is 1. The number of para-hydroxylation sites is 1. The number of hydrogen-bond acceptors (Lipinski definition) is 3. The lowest BCUT2D eigenvalue weighted by Gasteiger charge is -2.24. The summed E-state index contributed by atoms with van der Waals surface area (Å²) in [5.74, 6) is -0.0523. The molecule has 1 amide bonds. The van der Waals surface area contributed by atoms with E-state index >= 15 is 0 Å². The summed E-state index contributed by atoms with van der Waals surface area (Å²) < 4.78 is 18.3. The predicted octanol–water partition coefficient (Wildman–Crippen LogP) is 3.10. The summed E-state index contributed by atoms with van der Waals surface area (Å²) >= 11 is 0. The molecule has 22 heavy (non-hydrogen) atoms. The first-order chi connectivity index (χ1) is 10.8. The number of rotatable bonds is 6. The normalized spacial score (nSPS) is 18.8. The van der Waals surface area contributed by atoms with Gasteiger partial charge < -0.3 is 15.0 Å². The maximum atomic E-state index is 12.9. The number of amides is 1. The summed E-state index contributed by atoms with van der Waals surface area (Å²) in [5, 5.41) is 3.32. The molecule has 0 spiro atoms. The van der Waals surface area contributed by atoms with Crippen molar-refractivity contribution in [2.24, 2.45) is 0 Å². The Bertz CT molecular complexity index is 481. The number of unbranched alkanes of at least 4 members (excludes halogenated alkanes) is 1. The van der Waals surface area contributed by atoms with Gasteiger partial charge in [0.1, 0.15) is 12.8 Å². The molecule has 0 saturated carbocycles. The van der Waals surface area contributed by atoms with Crippen molar-refractivity contribution in [1.82, 2.24) is 4.90 Å². The monoisotopic (exact) mass is 308 g/mol. The summed E-state index contributed by atoms with van der Waals surface area (Å²) in [6.45, 7) is 3.86. The van der Waals surface area contributed by atoms with Crippen molar-refractivity contribution in [3.63, 3.8) is 0 Å². The molecule has 1 aliphatic rings. The molecule has 1 aliphatic heterocycles. The minimum atomic E-state index is -0.555. The third-order valence-corrected chi connectivity index (χ3v) is 3.81. The van der Waals surface area contributed by atoms with Gasteiger partial charge in [-0.15, -0.1) is 0 Å². The van der Waals surface area contributed by atoms with Crippen molar-refractivity contribution >= 4 is 11.6 Å². The number of benzene rings is 1. The molecule has 1 fully saturated rings. The lowest BCUT2D eigenvalue weighted by Crippen LogP contribution is -2.38. The summed E-state index contributed by atoms with van der Waals surface area (Å²) in [5.41, 5.74) is 1.50. The Morgan fingerprint density at radius 2 is 2.27 bits per heavy atom. The van der Waals surface area contributed by atoms with E-state index in [1.165, 1.54) is 0 Å². The van der Waals surface area contributed by atoms with Crippen LogP contribution in [0.5, 0.6) is 0 Å². The van der Waals surface area contributed by atoms with Gasteiger partial charge in [0.15, 0.2) is 0 Å². The highest BCUT2D eigenvalue weighted by Crippen LogP contribution is 2.19. The number of carbonyl (C=O) groups excluding carboxylic acids is 1. The number of hydrogen-bond donors (Lipinski definition) is 1. The Morgan fingerprint density at radius 3 is 3.05 bits per heavy atom. The molecule has 5 heteroatoms. The van der Waals surface area contributed by atoms with Crippen molar-refractivity contribution in [2.45, 2.75) is 32.3 Å². The highest BCUT2D eigenvalue weighted by Gasteiger charge is 2.24. The van der Waals surface area contributed by atoms with Crippen molar-refractivity contribution in [3.05, 3.63) is 29.8 Å². The second-order valence-electron chi connectivity index (χ2n) is 5.58. The minimum absolute atomic E-state index is 0.0523. The highest BCUT2D eigenvalue weighted by atomic mass is 19.1. The average molecular weight is 308 g/mol. The van der Waals surface area contributed by atoms with Gasteiger partial charge in [-0.3, -0.25) is 4.79 Å². The Hall–Kier alpha value is -1.62. The lowest BCUT2D eigenvalue weighted by molar-refractivity contribution is 0.0343. The third kappa shape index (κ3) is 4.44. The topological polar surface area (TPSA) is 41.6 Å². The van der Waals surface area contributed by atoms with Crippen LogP contribution in [0, 0.1) is 0 Å². The van der Waals surface area contributed by atoms with Crippen LogP contribution in [-0.2, 0) is 4.74 Å². The smallest absolute Gasteiger partial charge is 0.256 e. The van der Waals surface area contributed by atoms with Crippen LogP contribution in [0.2, 0.25) is 0 Å². The fourth-order valence-electron chi connectivity index (χ4n) is 2.57. The van der Waals surface area contributed by atoms with E-state index in [4.69, 9.17) is 4.74 Å². The molecule has 1 aromatic carbocycles. The van der Waals surface area contributed by atoms with Crippen LogP contribution < -0.4 is 5.32 Å². The Kier molecular flexibility index (Phi) is 6.65. The molecule has 1 atom stereocenters. The zero-order valence-electron chi connectivity index (χ0n) is 13.2. The number of anilines is 1. The first-order valence-corrected chi connectivity index (χ1v) is 8.06. The first-order valence-electron chi connectivity index (χ1n) is 8.06. The molecule has 122 valence electrons. The molecule has 1 saturated heterocycles. The Morgan fingerprint density at radius 1 is 1.45 bits per heavy atom. The number of nitrogens with zero attached hydrogens (tertiary/aromatic N) is 1. The van der Waals surface area contributed by atoms with E-state index in [-0.39, 0.29) is 5.91 Å². The second-order valence-corrected chi connectivity index (χ2v) is 5.58. The zero-order chi connectivity index (χ0) is 15.8. The SMILES string of the molecule is CCCCNc1ccccc1C(=O)N1CCCO[C@H](CF)C1. The number of alkyl halides is 1. The molecular formula is C17H25FN2O2. The first kappa shape index (κ1) is 16.7. The van der Waals surface area contributed by atoms with Gasteiger partial charge in [0.2, 0.25) is 0 Å². The van der Waals surface area contributed by atoms with Crippen LogP contribution in [0.4, 0.5) is 10.1 Å². The molecule has 1 heterocycles. The van der Waals surface area contributed by atoms with Crippen LogP contribution in [0.1, 0.15) is 36.5 Å². The van der Waals surface area contributed by atoms with Gasteiger partial charge in [-0.1, -0.05) is 25.5 Å². The number of halogens is 1. The van der Waals surface area contributed by atoms with Crippen molar-refractivity contribution in [2.75, 3.05) is 38.2 Å². The molecule has 0 bridgehead atoms. The van der Waals surface area contributed by atoms with E-state index < -0.39 is 12.8 Å². The predicted molar refractivity (Wildman–Crippen MR) is 86.1 cm³/mol. The average Bonchev–Trinajstić information content (AvgIpc) is 2.80.